The lowest BCUT2D eigenvalue weighted by Crippen LogP contribution is -2.45. The van der Waals surface area contributed by atoms with E-state index in [1.54, 1.807) is 4.90 Å². The quantitative estimate of drug-likeness (QED) is 0.918. The molecule has 7 heteroatoms. The molecule has 0 saturated carbocycles. The van der Waals surface area contributed by atoms with Crippen LogP contribution in [0.2, 0.25) is 0 Å². The summed E-state index contributed by atoms with van der Waals surface area (Å²) in [4.78, 5) is 30.2. The van der Waals surface area contributed by atoms with Gasteiger partial charge in [0.05, 0.1) is 5.92 Å². The molecule has 120 valence electrons. The van der Waals surface area contributed by atoms with E-state index in [1.807, 2.05) is 30.3 Å². The van der Waals surface area contributed by atoms with Crippen LogP contribution >= 0.6 is 0 Å². The average molecular weight is 313 g/mol. The van der Waals surface area contributed by atoms with Crippen LogP contribution in [0.5, 0.6) is 0 Å². The zero-order valence-corrected chi connectivity index (χ0v) is 12.8. The molecule has 1 aromatic heterocycles. The van der Waals surface area contributed by atoms with E-state index in [4.69, 9.17) is 0 Å². The average Bonchev–Trinajstić information content (AvgIpc) is 3.09. The summed E-state index contributed by atoms with van der Waals surface area (Å²) < 4.78 is 1.50. The number of amides is 2. The third-order valence-corrected chi connectivity index (χ3v) is 3.95. The zero-order valence-electron chi connectivity index (χ0n) is 12.8. The Morgan fingerprint density at radius 2 is 2.09 bits per heavy atom. The van der Waals surface area contributed by atoms with Gasteiger partial charge in [-0.15, -0.1) is 0 Å². The lowest BCUT2D eigenvalue weighted by Gasteiger charge is -2.32. The summed E-state index contributed by atoms with van der Waals surface area (Å²) in [5.41, 5.74) is 0.781. The number of carbonyl (C=O) groups excluding carboxylic acids is 2. The van der Waals surface area contributed by atoms with Crippen molar-refractivity contribution in [2.45, 2.75) is 19.4 Å². The smallest absolute Gasteiger partial charge is 0.244 e. The van der Waals surface area contributed by atoms with Crippen LogP contribution < -0.4 is 5.32 Å². The topological polar surface area (TPSA) is 80.1 Å². The van der Waals surface area contributed by atoms with Crippen LogP contribution in [-0.4, -0.2) is 44.6 Å². The molecule has 1 N–H and O–H groups in total. The van der Waals surface area contributed by atoms with E-state index in [0.29, 0.717) is 13.1 Å². The van der Waals surface area contributed by atoms with E-state index in [2.05, 4.69) is 15.4 Å². The Bertz CT molecular complexity index is 656. The monoisotopic (exact) mass is 313 g/mol. The Kier molecular flexibility index (Phi) is 4.65. The van der Waals surface area contributed by atoms with Gasteiger partial charge >= 0.3 is 0 Å². The molecule has 0 spiro atoms. The van der Waals surface area contributed by atoms with Crippen LogP contribution in [0.25, 0.3) is 0 Å². The van der Waals surface area contributed by atoms with Gasteiger partial charge in [0.15, 0.2) is 0 Å². The minimum atomic E-state index is -0.177. The predicted octanol–water partition coefficient (Wildman–Crippen LogP) is 1.16. The molecule has 0 unspecified atom stereocenters. The van der Waals surface area contributed by atoms with Crippen LogP contribution in [0.4, 0.5) is 5.69 Å². The standard InChI is InChI=1S/C16H19N5O2/c22-15(10-21-12-17-11-18-21)20-8-4-5-13(9-20)16(23)19-14-6-2-1-3-7-14/h1-3,6-7,11-13H,4-5,8-10H2,(H,19,23)/t13-/m0/s1. The Morgan fingerprint density at radius 1 is 1.26 bits per heavy atom. The van der Waals surface area contributed by atoms with E-state index in [-0.39, 0.29) is 24.3 Å². The first kappa shape index (κ1) is 15.2. The van der Waals surface area contributed by atoms with Gasteiger partial charge in [-0.25, -0.2) is 9.67 Å². The highest BCUT2D eigenvalue weighted by Gasteiger charge is 2.28. The molecule has 1 fully saturated rings. The lowest BCUT2D eigenvalue weighted by molar-refractivity contribution is -0.135. The van der Waals surface area contributed by atoms with E-state index in [0.717, 1.165) is 18.5 Å². The Balaban J connectivity index is 1.57. The molecule has 2 aromatic rings. The number of para-hydroxylation sites is 1. The molecule has 1 aliphatic rings. The highest BCUT2D eigenvalue weighted by atomic mass is 16.2. The third-order valence-electron chi connectivity index (χ3n) is 3.95. The lowest BCUT2D eigenvalue weighted by atomic mass is 9.97. The summed E-state index contributed by atoms with van der Waals surface area (Å²) in [5.74, 6) is -0.245. The van der Waals surface area contributed by atoms with Crippen molar-refractivity contribution in [2.75, 3.05) is 18.4 Å². The van der Waals surface area contributed by atoms with Crippen molar-refractivity contribution >= 4 is 17.5 Å². The first-order chi connectivity index (χ1) is 11.2. The molecular weight excluding hydrogens is 294 g/mol. The van der Waals surface area contributed by atoms with Gasteiger partial charge in [-0.2, -0.15) is 5.10 Å². The van der Waals surface area contributed by atoms with Gasteiger partial charge in [-0.05, 0) is 25.0 Å². The van der Waals surface area contributed by atoms with Crippen LogP contribution in [0.15, 0.2) is 43.0 Å². The van der Waals surface area contributed by atoms with Gasteiger partial charge in [0, 0.05) is 18.8 Å². The minimum Gasteiger partial charge on any atom is -0.340 e. The van der Waals surface area contributed by atoms with Gasteiger partial charge in [0.2, 0.25) is 11.8 Å². The molecular formula is C16H19N5O2. The van der Waals surface area contributed by atoms with Crippen molar-refractivity contribution in [3.63, 3.8) is 0 Å². The Hall–Kier alpha value is -2.70. The number of nitrogens with zero attached hydrogens (tertiary/aromatic N) is 4. The fourth-order valence-corrected chi connectivity index (χ4v) is 2.74. The van der Waals surface area contributed by atoms with Crippen LogP contribution in [0.3, 0.4) is 0 Å². The molecule has 0 bridgehead atoms. The second kappa shape index (κ2) is 7.04. The molecule has 3 rings (SSSR count). The van der Waals surface area contributed by atoms with E-state index >= 15 is 0 Å². The van der Waals surface area contributed by atoms with Crippen molar-refractivity contribution in [2.24, 2.45) is 5.92 Å². The number of likely N-dealkylation sites (tertiary alicyclic amines) is 1. The van der Waals surface area contributed by atoms with Gasteiger partial charge < -0.3 is 10.2 Å². The fraction of sp³-hybridized carbons (Fsp3) is 0.375. The van der Waals surface area contributed by atoms with Gasteiger partial charge in [-0.3, -0.25) is 9.59 Å². The summed E-state index contributed by atoms with van der Waals surface area (Å²) in [5, 5.41) is 6.85. The largest absolute Gasteiger partial charge is 0.340 e. The summed E-state index contributed by atoms with van der Waals surface area (Å²) in [6.07, 6.45) is 4.54. The van der Waals surface area contributed by atoms with Crippen molar-refractivity contribution in [3.05, 3.63) is 43.0 Å². The van der Waals surface area contributed by atoms with E-state index < -0.39 is 0 Å². The minimum absolute atomic E-state index is 0.0329. The summed E-state index contributed by atoms with van der Waals surface area (Å²) in [6.45, 7) is 1.29. The molecule has 23 heavy (non-hydrogen) atoms. The highest BCUT2D eigenvalue weighted by Crippen LogP contribution is 2.19. The molecule has 1 aromatic carbocycles. The SMILES string of the molecule is O=C(Nc1ccccc1)[C@H]1CCCN(C(=O)Cn2cncn2)C1. The number of hydrogen-bond acceptors (Lipinski definition) is 4. The molecule has 7 nitrogen and oxygen atoms in total. The van der Waals surface area contributed by atoms with Crippen LogP contribution in [0, 0.1) is 5.92 Å². The number of hydrogen-bond donors (Lipinski definition) is 1. The number of piperidine rings is 1. The third kappa shape index (κ3) is 3.94. The number of benzene rings is 1. The second-order valence-electron chi connectivity index (χ2n) is 5.63. The Labute approximate surface area is 134 Å². The maximum absolute atomic E-state index is 12.4. The molecule has 1 aliphatic heterocycles. The molecule has 2 heterocycles. The van der Waals surface area contributed by atoms with Crippen molar-refractivity contribution in [1.82, 2.24) is 19.7 Å². The predicted molar refractivity (Wildman–Crippen MR) is 84.4 cm³/mol. The summed E-state index contributed by atoms with van der Waals surface area (Å²) in [6, 6.07) is 9.37. The van der Waals surface area contributed by atoms with Crippen molar-refractivity contribution in [3.8, 4) is 0 Å². The van der Waals surface area contributed by atoms with Crippen LogP contribution in [0.1, 0.15) is 12.8 Å². The number of nitrogens with one attached hydrogen (secondary N) is 1. The van der Waals surface area contributed by atoms with Gasteiger partial charge in [0.25, 0.3) is 0 Å². The summed E-state index contributed by atoms with van der Waals surface area (Å²) in [7, 11) is 0. The maximum atomic E-state index is 12.4. The molecule has 1 atom stereocenters. The van der Waals surface area contributed by atoms with Crippen molar-refractivity contribution in [1.29, 1.82) is 0 Å². The van der Waals surface area contributed by atoms with Crippen molar-refractivity contribution < 1.29 is 9.59 Å². The van der Waals surface area contributed by atoms with Crippen LogP contribution in [-0.2, 0) is 16.1 Å². The highest BCUT2D eigenvalue weighted by molar-refractivity contribution is 5.93. The number of aromatic nitrogens is 3. The first-order valence-electron chi connectivity index (χ1n) is 7.68. The van der Waals surface area contributed by atoms with Gasteiger partial charge in [0.1, 0.15) is 19.2 Å². The number of rotatable bonds is 4. The van der Waals surface area contributed by atoms with E-state index in [9.17, 15) is 9.59 Å². The normalized spacial score (nSPS) is 17.7. The number of carbonyl (C=O) groups is 2. The summed E-state index contributed by atoms with van der Waals surface area (Å²) >= 11 is 0. The van der Waals surface area contributed by atoms with Gasteiger partial charge in [-0.1, -0.05) is 18.2 Å². The zero-order chi connectivity index (χ0) is 16.1. The Morgan fingerprint density at radius 3 is 2.83 bits per heavy atom. The molecule has 0 aliphatic carbocycles. The fourth-order valence-electron chi connectivity index (χ4n) is 2.74. The number of anilines is 1. The molecule has 2 amide bonds. The molecule has 1 saturated heterocycles. The van der Waals surface area contributed by atoms with E-state index in [1.165, 1.54) is 17.3 Å². The second-order valence-corrected chi connectivity index (χ2v) is 5.63. The maximum Gasteiger partial charge on any atom is 0.244 e. The molecule has 0 radical (unpaired) electrons. The first-order valence-corrected chi connectivity index (χ1v) is 7.68.